The van der Waals surface area contributed by atoms with E-state index in [1.54, 1.807) is 0 Å². The van der Waals surface area contributed by atoms with Gasteiger partial charge in [0.15, 0.2) is 0 Å². The number of H-pyrrole nitrogens is 2. The van der Waals surface area contributed by atoms with Crippen molar-refractivity contribution < 1.29 is 0 Å². The van der Waals surface area contributed by atoms with Gasteiger partial charge in [-0.05, 0) is 128 Å². The summed E-state index contributed by atoms with van der Waals surface area (Å²) < 4.78 is 2.43. The Balaban J connectivity index is 1.31. The summed E-state index contributed by atoms with van der Waals surface area (Å²) in [6.45, 7) is 29.1. The van der Waals surface area contributed by atoms with E-state index >= 15 is 9.59 Å². The lowest BCUT2D eigenvalue weighted by molar-refractivity contribution is 0.547. The number of nitrogens with zero attached hydrogens (tertiary/aromatic N) is 4. The Morgan fingerprint density at radius 3 is 1.39 bits per heavy atom. The van der Waals surface area contributed by atoms with Crippen molar-refractivity contribution in [1.82, 2.24) is 29.1 Å². The largest absolute Gasteiger partial charge is 0.355 e. The van der Waals surface area contributed by atoms with Crippen molar-refractivity contribution in [1.29, 1.82) is 0 Å². The highest BCUT2D eigenvalue weighted by Gasteiger charge is 2.28. The third-order valence-corrected chi connectivity index (χ3v) is 15.4. The minimum atomic E-state index is -0.608. The SMILES string of the molecule is CCCCCCCCn1c(=O)c2cc3c(=O)n(-c4c5nc(c(-c6cc(C(C)(C)C)cc(C(C)(C)C)c6)c6ccc(cc7nc(c(-c8cc(C(C)(C)C)cc(C(C)(C)C)c8)c8ccc4[nH]8)C=C7)[nH]6)C=C5)c(=O)c3cc2c1=O. The number of fused-ring (bicyclic) bond motifs is 10. The summed E-state index contributed by atoms with van der Waals surface area (Å²) >= 11 is 0. The van der Waals surface area contributed by atoms with Gasteiger partial charge in [0.1, 0.15) is 5.69 Å². The smallest absolute Gasteiger partial charge is 0.266 e. The normalized spacial score (nSPS) is 13.3. The van der Waals surface area contributed by atoms with Crippen molar-refractivity contribution in [3.63, 3.8) is 0 Å². The molecule has 0 spiro atoms. The topological polar surface area (TPSA) is 135 Å². The molecule has 0 saturated heterocycles. The number of hydrogen-bond acceptors (Lipinski definition) is 6. The van der Waals surface area contributed by atoms with Crippen molar-refractivity contribution in [2.75, 3.05) is 0 Å². The molecule has 10 heteroatoms. The first-order valence-electron chi connectivity index (χ1n) is 27.2. The number of benzene rings is 3. The molecule has 390 valence electrons. The summed E-state index contributed by atoms with van der Waals surface area (Å²) in [4.78, 5) is 76.6. The van der Waals surface area contributed by atoms with Gasteiger partial charge in [0.05, 0.1) is 49.8 Å². The summed E-state index contributed by atoms with van der Waals surface area (Å²) in [5.41, 5.74) is 11.2. The van der Waals surface area contributed by atoms with E-state index in [4.69, 9.17) is 9.97 Å². The van der Waals surface area contributed by atoms with E-state index in [2.05, 4.69) is 155 Å². The summed E-state index contributed by atoms with van der Waals surface area (Å²) in [5, 5.41) is 0.405. The third kappa shape index (κ3) is 9.60. The van der Waals surface area contributed by atoms with Crippen LogP contribution in [0.25, 0.3) is 95.9 Å². The molecule has 2 aliphatic rings. The Morgan fingerprint density at radius 1 is 0.434 bits per heavy atom. The zero-order valence-corrected chi connectivity index (χ0v) is 46.7. The molecule has 0 atom stereocenters. The van der Waals surface area contributed by atoms with E-state index in [1.165, 1.54) is 43.5 Å². The highest BCUT2D eigenvalue weighted by molar-refractivity contribution is 6.00. The standard InChI is InChI=1S/C66H72N6O4/c1-14-15-16-17-18-19-28-71-59(73)46-36-48-49(37-47(46)60(71)74)62(76)72(61(48)75)58-54-26-24-52(69-54)56(38-29-40(63(2,3)4)33-41(30-38)64(5,6)7)50-22-20-44(67-50)35-45-21-23-51(68-45)57(53-25-27-55(58)70-53)39-31-42(65(8,9)10)34-43(32-39)66(11,12)13/h20-27,29-37,67,70H,14-19,28H2,1-13H3. The Morgan fingerprint density at radius 2 is 0.868 bits per heavy atom. The van der Waals surface area contributed by atoms with Crippen LogP contribution in [-0.2, 0) is 28.2 Å². The predicted molar refractivity (Wildman–Crippen MR) is 318 cm³/mol. The number of rotatable bonds is 10. The first-order valence-corrected chi connectivity index (χ1v) is 27.2. The molecule has 5 aromatic heterocycles. The summed E-state index contributed by atoms with van der Waals surface area (Å²) in [5.74, 6) is 0. The van der Waals surface area contributed by atoms with E-state index in [0.29, 0.717) is 23.3 Å². The highest BCUT2D eigenvalue weighted by atomic mass is 16.2. The Kier molecular flexibility index (Phi) is 13.0. The Bertz CT molecular complexity index is 3900. The molecular formula is C66H72N6O4. The number of aromatic amines is 2. The van der Waals surface area contributed by atoms with Crippen LogP contribution in [0.4, 0.5) is 0 Å². The molecule has 3 aromatic carbocycles. The van der Waals surface area contributed by atoms with Crippen LogP contribution in [-0.4, -0.2) is 29.1 Å². The highest BCUT2D eigenvalue weighted by Crippen LogP contribution is 2.40. The van der Waals surface area contributed by atoms with Crippen molar-refractivity contribution >= 4 is 67.9 Å². The summed E-state index contributed by atoms with van der Waals surface area (Å²) in [6.07, 6.45) is 13.9. The zero-order valence-electron chi connectivity index (χ0n) is 46.7. The molecule has 0 fully saturated rings. The van der Waals surface area contributed by atoms with E-state index in [-0.39, 0.29) is 55.4 Å². The molecule has 76 heavy (non-hydrogen) atoms. The summed E-state index contributed by atoms with van der Waals surface area (Å²) in [7, 11) is 0. The minimum Gasteiger partial charge on any atom is -0.355 e. The second-order valence-corrected chi connectivity index (χ2v) is 25.3. The molecule has 0 aliphatic carbocycles. The molecule has 0 saturated carbocycles. The minimum absolute atomic E-state index is 0.0649. The molecular weight excluding hydrogens is 941 g/mol. The van der Waals surface area contributed by atoms with Gasteiger partial charge in [0.25, 0.3) is 22.2 Å². The van der Waals surface area contributed by atoms with Gasteiger partial charge >= 0.3 is 0 Å². The Hall–Kier alpha value is -7.46. The molecule has 8 aromatic rings. The fraction of sp³-hybridized carbons (Fsp3) is 0.364. The van der Waals surface area contributed by atoms with Crippen LogP contribution in [0.1, 0.15) is 174 Å². The first kappa shape index (κ1) is 52.0. The average Bonchev–Trinajstić information content (AvgIpc) is 4.24. The fourth-order valence-corrected chi connectivity index (χ4v) is 10.7. The molecule has 0 unspecified atom stereocenters. The molecule has 10 rings (SSSR count). The lowest BCUT2D eigenvalue weighted by atomic mass is 9.78. The maximum atomic E-state index is 15.2. The number of aromatic nitrogens is 6. The van der Waals surface area contributed by atoms with E-state index in [1.807, 2.05) is 36.4 Å². The van der Waals surface area contributed by atoms with Crippen LogP contribution >= 0.6 is 0 Å². The monoisotopic (exact) mass is 1010 g/mol. The van der Waals surface area contributed by atoms with Crippen molar-refractivity contribution in [2.45, 2.75) is 157 Å². The van der Waals surface area contributed by atoms with Gasteiger partial charge in [0, 0.05) is 34.2 Å². The van der Waals surface area contributed by atoms with Gasteiger partial charge in [-0.1, -0.05) is 159 Å². The van der Waals surface area contributed by atoms with E-state index < -0.39 is 22.2 Å². The maximum absolute atomic E-state index is 15.2. The van der Waals surface area contributed by atoms with Crippen LogP contribution < -0.4 is 22.2 Å². The van der Waals surface area contributed by atoms with Gasteiger partial charge in [0.2, 0.25) is 0 Å². The van der Waals surface area contributed by atoms with Crippen LogP contribution in [0.15, 0.2) is 98.0 Å². The lowest BCUT2D eigenvalue weighted by Crippen LogP contribution is -2.25. The number of nitrogens with one attached hydrogen (secondary N) is 2. The molecule has 8 bridgehead atoms. The van der Waals surface area contributed by atoms with E-state index in [9.17, 15) is 9.59 Å². The first-order chi connectivity index (χ1) is 35.8. The molecule has 2 aliphatic heterocycles. The average molecular weight is 1010 g/mol. The molecule has 2 N–H and O–H groups in total. The lowest BCUT2D eigenvalue weighted by Gasteiger charge is -2.26. The predicted octanol–water partition coefficient (Wildman–Crippen LogP) is 14.8. The number of unbranched alkanes of at least 4 members (excludes halogenated alkanes) is 5. The van der Waals surface area contributed by atoms with E-state index in [0.717, 1.165) is 82.3 Å². The molecule has 10 nitrogen and oxygen atoms in total. The van der Waals surface area contributed by atoms with Crippen molar-refractivity contribution in [3.05, 3.63) is 165 Å². The quantitative estimate of drug-likeness (QED) is 0.131. The molecule has 7 heterocycles. The second-order valence-electron chi connectivity index (χ2n) is 25.3. The fourth-order valence-electron chi connectivity index (χ4n) is 10.7. The zero-order chi connectivity index (χ0) is 54.4. The molecule has 0 amide bonds. The maximum Gasteiger partial charge on any atom is 0.266 e. The van der Waals surface area contributed by atoms with Crippen LogP contribution in [0, 0.1) is 0 Å². The van der Waals surface area contributed by atoms with Crippen LogP contribution in [0.5, 0.6) is 0 Å². The van der Waals surface area contributed by atoms with Gasteiger partial charge in [-0.3, -0.25) is 23.7 Å². The second kappa shape index (κ2) is 19.0. The van der Waals surface area contributed by atoms with Crippen molar-refractivity contribution in [3.8, 4) is 27.9 Å². The van der Waals surface area contributed by atoms with Crippen molar-refractivity contribution in [2.24, 2.45) is 0 Å². The third-order valence-electron chi connectivity index (χ3n) is 15.4. The van der Waals surface area contributed by atoms with Gasteiger partial charge in [-0.15, -0.1) is 0 Å². The summed E-state index contributed by atoms with van der Waals surface area (Å²) in [6, 6.07) is 26.5. The Labute approximate surface area is 445 Å². The number of hydrogen-bond donors (Lipinski definition) is 2. The molecule has 0 radical (unpaired) electrons. The van der Waals surface area contributed by atoms with Crippen LogP contribution in [0.3, 0.4) is 0 Å². The van der Waals surface area contributed by atoms with Gasteiger partial charge in [-0.25, -0.2) is 14.5 Å². The van der Waals surface area contributed by atoms with Gasteiger partial charge < -0.3 is 9.97 Å². The van der Waals surface area contributed by atoms with Gasteiger partial charge in [-0.2, -0.15) is 0 Å². The van der Waals surface area contributed by atoms with Crippen LogP contribution in [0.2, 0.25) is 0 Å².